The van der Waals surface area contributed by atoms with Gasteiger partial charge in [0, 0.05) is 76.5 Å². The lowest BCUT2D eigenvalue weighted by Gasteiger charge is -2.13. The number of hydrogen-bond acceptors (Lipinski definition) is 8. The van der Waals surface area contributed by atoms with Gasteiger partial charge in [0.1, 0.15) is 11.6 Å². The van der Waals surface area contributed by atoms with E-state index in [4.69, 9.17) is 10.0 Å². The van der Waals surface area contributed by atoms with Crippen molar-refractivity contribution in [1.82, 2.24) is 14.1 Å². The first-order valence-electron chi connectivity index (χ1n) is 48.9. The minimum absolute atomic E-state index is 0.0942. The van der Waals surface area contributed by atoms with Crippen molar-refractivity contribution in [2.45, 2.75) is 6.42 Å². The van der Waals surface area contributed by atoms with Crippen molar-refractivity contribution >= 4 is 241 Å². The Morgan fingerprint density at radius 3 is 0.987 bits per heavy atom. The van der Waals surface area contributed by atoms with Crippen molar-refractivity contribution in [3.63, 3.8) is 0 Å². The highest BCUT2D eigenvalue weighted by atomic mass is 127. The Labute approximate surface area is 879 Å². The van der Waals surface area contributed by atoms with Crippen LogP contribution in [0.1, 0.15) is 11.1 Å². The second-order valence-electron chi connectivity index (χ2n) is 36.8. The predicted molar refractivity (Wildman–Crippen MR) is 627 cm³/mol. The molecule has 3 heterocycles. The molecule has 1 aliphatic rings. The summed E-state index contributed by atoms with van der Waals surface area (Å²) in [7, 11) is -1.40. The molecule has 29 rings (SSSR count). The summed E-state index contributed by atoms with van der Waals surface area (Å²) < 4.78 is 32.0. The summed E-state index contributed by atoms with van der Waals surface area (Å²) in [5.41, 5.74) is 17.7. The second kappa shape index (κ2) is 41.0. The molecular formula is C131H85BBrF2IN6O8. The average molecular weight is 2130 g/mol. The van der Waals surface area contributed by atoms with Crippen LogP contribution in [0.25, 0.3) is 218 Å². The second-order valence-corrected chi connectivity index (χ2v) is 38.9. The molecule has 0 atom stereocenters. The smallest absolute Gasteiger partial charge is 0.423 e. The normalized spacial score (nSPS) is 11.4. The summed E-state index contributed by atoms with van der Waals surface area (Å²) in [5, 5.41) is 82.9. The molecule has 0 aliphatic heterocycles. The van der Waals surface area contributed by atoms with Crippen molar-refractivity contribution in [1.29, 1.82) is 0 Å². The third-order valence-electron chi connectivity index (χ3n) is 28.2. The SMILES string of the molecule is Ic1ccccc1.O=[N+]([O-])c1ccc(-n2c3ccc4ccccc4c3c3c4ccccc4ccc32)cc1-c1cccc2ccccc12.O=[N+]([O-])c1ccc(F)cc1-c1cccc2ccccc12.O=[N+]([O-])c1ccc(F)cc1Br.OB(O)c1cccc2ccccc12.c1ccc2c(c1)ccc1[nH]c3ccc(-n4c5ccc6ccccc6c5c5c6ccccc6ccc54)cc3c12.c1ccc2c3c(ccc2c1)Cc1ccc2ccccc2c1-3. The van der Waals surface area contributed by atoms with Gasteiger partial charge in [-0.3, -0.25) is 30.3 Å². The Balaban J connectivity index is 0.000000103. The Kier molecular flexibility index (Phi) is 26.0. The highest BCUT2D eigenvalue weighted by molar-refractivity contribution is 14.1. The van der Waals surface area contributed by atoms with Crippen LogP contribution in [-0.4, -0.2) is 46.1 Å². The van der Waals surface area contributed by atoms with Gasteiger partial charge in [-0.2, -0.15) is 0 Å². The van der Waals surface area contributed by atoms with Crippen LogP contribution in [0.3, 0.4) is 0 Å². The summed E-state index contributed by atoms with van der Waals surface area (Å²) in [4.78, 5) is 35.9. The lowest BCUT2D eigenvalue weighted by atomic mass is 9.77. The van der Waals surface area contributed by atoms with Crippen molar-refractivity contribution in [3.05, 3.63) is 546 Å². The highest BCUT2D eigenvalue weighted by Crippen LogP contribution is 2.49. The Hall–Kier alpha value is -18.2. The van der Waals surface area contributed by atoms with E-state index in [0.717, 1.165) is 90.8 Å². The van der Waals surface area contributed by atoms with Gasteiger partial charge in [0.05, 0.1) is 52.4 Å². The zero-order valence-corrected chi connectivity index (χ0v) is 83.8. The van der Waals surface area contributed by atoms with Gasteiger partial charge in [-0.05, 0) is 289 Å². The van der Waals surface area contributed by atoms with E-state index in [2.05, 4.69) is 338 Å². The van der Waals surface area contributed by atoms with Crippen LogP contribution in [0.5, 0.6) is 0 Å². The van der Waals surface area contributed by atoms with Crippen molar-refractivity contribution < 1.29 is 33.6 Å². The molecule has 3 aromatic heterocycles. The molecule has 3 N–H and O–H groups in total. The molecule has 0 saturated heterocycles. The molecular weight excluding hydrogens is 2040 g/mol. The number of nitro benzene ring substituents is 3. The van der Waals surface area contributed by atoms with E-state index in [1.807, 2.05) is 146 Å². The number of aromatic amines is 1. The highest BCUT2D eigenvalue weighted by Gasteiger charge is 2.28. The zero-order chi connectivity index (χ0) is 102. The lowest BCUT2D eigenvalue weighted by molar-refractivity contribution is -0.385. The molecule has 150 heavy (non-hydrogen) atoms. The van der Waals surface area contributed by atoms with Gasteiger partial charge in [-0.1, -0.05) is 370 Å². The third-order valence-corrected chi connectivity index (χ3v) is 29.5. The van der Waals surface area contributed by atoms with Gasteiger partial charge in [-0.25, -0.2) is 8.78 Å². The Morgan fingerprint density at radius 1 is 0.273 bits per heavy atom. The Morgan fingerprint density at radius 2 is 0.580 bits per heavy atom. The molecule has 0 fully saturated rings. The summed E-state index contributed by atoms with van der Waals surface area (Å²) in [6, 6.07) is 161. The molecule has 1 aliphatic carbocycles. The topological polar surface area (TPSA) is 196 Å². The van der Waals surface area contributed by atoms with E-state index in [0.29, 0.717) is 22.2 Å². The van der Waals surface area contributed by atoms with Crippen molar-refractivity contribution in [2.24, 2.45) is 0 Å². The lowest BCUT2D eigenvalue weighted by Crippen LogP contribution is -2.30. The van der Waals surface area contributed by atoms with E-state index in [1.54, 1.807) is 18.2 Å². The van der Waals surface area contributed by atoms with E-state index in [9.17, 15) is 39.1 Å². The van der Waals surface area contributed by atoms with E-state index in [1.165, 1.54) is 168 Å². The molecule has 0 amide bonds. The molecule has 19 heteroatoms. The fraction of sp³-hybridized carbons (Fsp3) is 0.00763. The molecule has 0 radical (unpaired) electrons. The first-order valence-corrected chi connectivity index (χ1v) is 50.7. The summed E-state index contributed by atoms with van der Waals surface area (Å²) in [5.74, 6) is -0.985. The number of H-pyrrole nitrogens is 1. The van der Waals surface area contributed by atoms with Crippen LogP contribution in [0.4, 0.5) is 25.8 Å². The van der Waals surface area contributed by atoms with Crippen LogP contribution >= 0.6 is 38.5 Å². The molecule has 25 aromatic carbocycles. The maximum absolute atomic E-state index is 13.5. The minimum Gasteiger partial charge on any atom is -0.423 e. The quantitative estimate of drug-likeness (QED) is 0.0578. The number of benzene rings is 25. The maximum Gasteiger partial charge on any atom is 0.489 e. The summed E-state index contributed by atoms with van der Waals surface area (Å²) in [6.45, 7) is 0. The van der Waals surface area contributed by atoms with Gasteiger partial charge in [0.2, 0.25) is 0 Å². The monoisotopic (exact) mass is 2120 g/mol. The average Bonchev–Trinajstić information content (AvgIpc) is 1.56. The third kappa shape index (κ3) is 18.1. The van der Waals surface area contributed by atoms with Crippen LogP contribution in [0.15, 0.2) is 490 Å². The van der Waals surface area contributed by atoms with Crippen molar-refractivity contribution in [3.8, 4) is 44.8 Å². The molecule has 14 nitrogen and oxygen atoms in total. The summed E-state index contributed by atoms with van der Waals surface area (Å²) in [6.07, 6.45) is 1.06. The minimum atomic E-state index is -1.40. The van der Waals surface area contributed by atoms with E-state index >= 15 is 0 Å². The number of nitrogens with zero attached hydrogens (tertiary/aromatic N) is 5. The molecule has 0 unspecified atom stereocenters. The van der Waals surface area contributed by atoms with Crippen LogP contribution in [0.2, 0.25) is 0 Å². The van der Waals surface area contributed by atoms with Gasteiger partial charge >= 0.3 is 7.12 Å². The van der Waals surface area contributed by atoms with Gasteiger partial charge in [0.25, 0.3) is 17.1 Å². The number of fused-ring (bicyclic) bond motifs is 29. The molecule has 0 saturated carbocycles. The predicted octanol–water partition coefficient (Wildman–Crippen LogP) is 35.1. The largest absolute Gasteiger partial charge is 0.489 e. The molecule has 718 valence electrons. The number of nitro groups is 3. The van der Waals surface area contributed by atoms with Crippen molar-refractivity contribution in [2.75, 3.05) is 0 Å². The van der Waals surface area contributed by atoms with Gasteiger partial charge in [-0.15, -0.1) is 0 Å². The number of halogens is 4. The van der Waals surface area contributed by atoms with Gasteiger partial charge in [0.15, 0.2) is 0 Å². The number of hydrogen-bond donors (Lipinski definition) is 3. The molecule has 28 aromatic rings. The Bertz CT molecular complexity index is 10000. The summed E-state index contributed by atoms with van der Waals surface area (Å²) >= 11 is 5.15. The first-order chi connectivity index (χ1) is 73.4. The fourth-order valence-corrected chi connectivity index (χ4v) is 22.4. The molecule has 0 bridgehead atoms. The zero-order valence-electron chi connectivity index (χ0n) is 80.1. The standard InChI is InChI=1S/C36H22N2O2.C36H22N2.C21H14.C16H10FNO2.C10H9BO2.C6H3BrFNO2.C6H5I/c39-38(40)32-21-18-26(22-31(32)30-15-7-11-23-8-1-4-12-27(23)30)37-33-19-16-24-9-2-5-13-28(24)35(33)36-29-14-6-3-10-25(29)17-20-34(36)37;1-4-10-26-22(7-1)13-17-31-34(26)29-21-25(16-18-30(29)37-31)38-32-19-14-23-8-2-5-11-27(23)35(32)36-28-12-6-3-9-24(28)15-20-33(36)38;1-3-7-18-14(5-1)9-11-16-13-17-12-10-15-6-2-4-8-19(15)21(17)20(16)18;17-12-8-9-16(18(19)20)15(10-12)14-7-3-5-11-4-1-2-6-13(11)14;12-11(13)10-7-3-5-8-4-1-2-6-9(8)10;7-5-3-4(8)1-2-6(5)9(10)11;7-6-4-2-1-3-5-6/h1-22H;1-21,37H;1-12H,13H2;1-10H;1-7,12-13H;1-3H;1-5H. The van der Waals surface area contributed by atoms with Crippen LogP contribution in [-0.2, 0) is 6.42 Å². The number of nitrogens with one attached hydrogen (secondary N) is 1. The van der Waals surface area contributed by atoms with Gasteiger partial charge < -0.3 is 24.2 Å². The number of rotatable bonds is 8. The fourth-order valence-electron chi connectivity index (χ4n) is 21.5. The maximum atomic E-state index is 13.5. The van der Waals surface area contributed by atoms with Crippen LogP contribution < -0.4 is 5.46 Å². The van der Waals surface area contributed by atoms with Crippen LogP contribution in [0, 0.1) is 45.5 Å². The van der Waals surface area contributed by atoms with E-state index in [-0.39, 0.29) is 26.5 Å². The number of aromatic nitrogens is 3. The first kappa shape index (κ1) is 95.3. The molecule has 0 spiro atoms. The van der Waals surface area contributed by atoms with E-state index < -0.39 is 28.6 Å².